The summed E-state index contributed by atoms with van der Waals surface area (Å²) < 4.78 is 59.6. The summed E-state index contributed by atoms with van der Waals surface area (Å²) in [6.45, 7) is 16.2. The van der Waals surface area contributed by atoms with Crippen molar-refractivity contribution in [2.24, 2.45) is 46.3 Å². The molecule has 0 amide bonds. The van der Waals surface area contributed by atoms with Crippen molar-refractivity contribution in [2.45, 2.75) is 104 Å². The molecule has 0 heterocycles. The monoisotopic (exact) mass is 658 g/mol. The molecule has 10 heteroatoms. The van der Waals surface area contributed by atoms with Crippen molar-refractivity contribution in [3.05, 3.63) is 24.3 Å². The van der Waals surface area contributed by atoms with Gasteiger partial charge in [0.05, 0.1) is 36.9 Å². The van der Waals surface area contributed by atoms with E-state index in [1.807, 2.05) is 0 Å². The summed E-state index contributed by atoms with van der Waals surface area (Å²) in [5, 5.41) is -1.62. The molecule has 0 radical (unpaired) electrons. The highest BCUT2D eigenvalue weighted by Crippen LogP contribution is 2.46. The minimum atomic E-state index is -2.82. The highest BCUT2D eigenvalue weighted by molar-refractivity contribution is 7.73. The molecule has 2 aliphatic rings. The van der Waals surface area contributed by atoms with Crippen LogP contribution in [0, 0.1) is 46.3 Å². The summed E-state index contributed by atoms with van der Waals surface area (Å²) in [5.41, 5.74) is -0.264. The van der Waals surface area contributed by atoms with Crippen LogP contribution in [0.2, 0.25) is 0 Å². The van der Waals surface area contributed by atoms with Crippen LogP contribution in [0.5, 0.6) is 0 Å². The van der Waals surface area contributed by atoms with Crippen LogP contribution >= 0.6 is 0 Å². The molecule has 0 spiro atoms. The second-order valence-electron chi connectivity index (χ2n) is 14.1. The number of allylic oxidation sites excluding steroid dienone is 4. The average molecular weight is 659 g/mol. The fraction of sp³-hybridized carbons (Fsp3) is 0.824. The van der Waals surface area contributed by atoms with Gasteiger partial charge in [-0.15, -0.1) is 0 Å². The lowest BCUT2D eigenvalue weighted by Crippen LogP contribution is -2.40. The van der Waals surface area contributed by atoms with Gasteiger partial charge in [0.2, 0.25) is 0 Å². The summed E-state index contributed by atoms with van der Waals surface area (Å²) in [7, 11) is -5.63. The van der Waals surface area contributed by atoms with Gasteiger partial charge in [-0.3, -0.25) is 9.59 Å². The van der Waals surface area contributed by atoms with Crippen molar-refractivity contribution in [1.29, 1.82) is 0 Å². The van der Waals surface area contributed by atoms with E-state index in [1.165, 1.54) is 0 Å². The molecule has 0 aliphatic heterocycles. The number of hydrogen-bond acceptors (Lipinski definition) is 8. The first-order valence-electron chi connectivity index (χ1n) is 16.4. The van der Waals surface area contributed by atoms with Crippen LogP contribution < -0.4 is 0 Å². The third kappa shape index (κ3) is 10.1. The minimum Gasteiger partial charge on any atom is -0.378 e. The molecule has 8 nitrogen and oxygen atoms in total. The Morgan fingerprint density at radius 2 is 1.07 bits per heavy atom. The number of Topliss-reactive ketones (excluding diaryl/α,β-unsaturated/α-hetero) is 2. The van der Waals surface area contributed by atoms with Crippen LogP contribution in [-0.2, 0) is 40.5 Å². The van der Waals surface area contributed by atoms with Crippen LogP contribution in [-0.4, -0.2) is 65.3 Å². The third-order valence-electron chi connectivity index (χ3n) is 10.8. The summed E-state index contributed by atoms with van der Waals surface area (Å²) in [5.74, 6) is -0.653. The first-order valence-corrected chi connectivity index (χ1v) is 18.9. The number of ether oxygens (including phenoxy) is 2. The zero-order valence-electron chi connectivity index (χ0n) is 28.2. The molecule has 0 fully saturated rings. The van der Waals surface area contributed by atoms with Crippen LogP contribution in [0.3, 0.4) is 0 Å². The van der Waals surface area contributed by atoms with Gasteiger partial charge in [0.1, 0.15) is 33.0 Å². The van der Waals surface area contributed by atoms with E-state index in [-0.39, 0.29) is 85.3 Å². The van der Waals surface area contributed by atoms with Gasteiger partial charge >= 0.3 is 0 Å². The number of carbonyl (C=O) groups excluding carboxylic acids is 2. The standard InChI is InChI=1S/C34H58O8S2/c1-9-33(7)15-11-13-23(3)31(33)27(35)19-25(5)29(43(37)38)21-41-17-18-42-22-30(44(39)40)26(6)20-28(36)32-24(4)14-12-16-34(32,8)10-2/h11-14,23-26,29-32,43-44H,9-10,15-22H2,1-8H3. The maximum absolute atomic E-state index is 13.4. The van der Waals surface area contributed by atoms with Gasteiger partial charge < -0.3 is 9.47 Å². The maximum atomic E-state index is 13.4. The molecule has 10 unspecified atom stereocenters. The highest BCUT2D eigenvalue weighted by Gasteiger charge is 2.43. The predicted octanol–water partition coefficient (Wildman–Crippen LogP) is 5.43. The van der Waals surface area contributed by atoms with Crippen LogP contribution in [0.15, 0.2) is 24.3 Å². The van der Waals surface area contributed by atoms with Crippen molar-refractivity contribution in [3.63, 3.8) is 0 Å². The van der Waals surface area contributed by atoms with Gasteiger partial charge in [-0.2, -0.15) is 0 Å². The van der Waals surface area contributed by atoms with E-state index in [9.17, 15) is 26.4 Å². The average Bonchev–Trinajstić information content (AvgIpc) is 2.93. The van der Waals surface area contributed by atoms with Crippen LogP contribution in [0.1, 0.15) is 93.9 Å². The largest absolute Gasteiger partial charge is 0.378 e. The molecule has 0 bridgehead atoms. The van der Waals surface area contributed by atoms with Gasteiger partial charge in [0.15, 0.2) is 0 Å². The van der Waals surface area contributed by atoms with Crippen molar-refractivity contribution in [1.82, 2.24) is 0 Å². The Hall–Kier alpha value is -1.36. The lowest BCUT2D eigenvalue weighted by atomic mass is 9.62. The predicted molar refractivity (Wildman–Crippen MR) is 177 cm³/mol. The molecule has 2 rings (SSSR count). The topological polar surface area (TPSA) is 121 Å². The zero-order chi connectivity index (χ0) is 33.2. The normalized spacial score (nSPS) is 31.6. The molecule has 0 saturated carbocycles. The van der Waals surface area contributed by atoms with Crippen molar-refractivity contribution < 1.29 is 35.9 Å². The molecule has 0 aromatic rings. The van der Waals surface area contributed by atoms with E-state index >= 15 is 0 Å². The van der Waals surface area contributed by atoms with E-state index < -0.39 is 43.7 Å². The molecule has 44 heavy (non-hydrogen) atoms. The highest BCUT2D eigenvalue weighted by atomic mass is 32.2. The van der Waals surface area contributed by atoms with Gasteiger partial charge in [-0.05, 0) is 60.2 Å². The first kappa shape index (κ1) is 38.8. The molecule has 254 valence electrons. The van der Waals surface area contributed by atoms with Crippen LogP contribution in [0.4, 0.5) is 0 Å². The Balaban J connectivity index is 1.86. The molecule has 2 aliphatic carbocycles. The van der Waals surface area contributed by atoms with Gasteiger partial charge in [-0.25, -0.2) is 16.8 Å². The summed E-state index contributed by atoms with van der Waals surface area (Å²) in [6, 6.07) is 0. The third-order valence-corrected chi connectivity index (χ3v) is 13.2. The van der Waals surface area contributed by atoms with Crippen molar-refractivity contribution in [2.75, 3.05) is 26.4 Å². The zero-order valence-corrected chi connectivity index (χ0v) is 29.9. The van der Waals surface area contributed by atoms with Gasteiger partial charge in [-0.1, -0.05) is 79.7 Å². The van der Waals surface area contributed by atoms with Crippen molar-refractivity contribution in [3.8, 4) is 0 Å². The number of carbonyl (C=O) groups is 2. The summed E-state index contributed by atoms with van der Waals surface area (Å²) >= 11 is 0. The van der Waals surface area contributed by atoms with Crippen molar-refractivity contribution >= 4 is 33.0 Å². The Morgan fingerprint density at radius 1 is 0.727 bits per heavy atom. The maximum Gasteiger partial charge on any atom is 0.145 e. The van der Waals surface area contributed by atoms with E-state index in [1.54, 1.807) is 13.8 Å². The molecular formula is C34H58O8S2. The van der Waals surface area contributed by atoms with Gasteiger partial charge in [0.25, 0.3) is 0 Å². The number of ketones is 2. The SMILES string of the molecule is CCC1(C)CC=CC(C)C1C(=O)CC(C)C(COCCOCC(C(C)CC(=O)C1C(C)C=CCC1(C)CC)[SH](=O)=O)[SH](=O)=O. The lowest BCUT2D eigenvalue weighted by molar-refractivity contribution is -0.130. The molecule has 0 aromatic heterocycles. The Kier molecular flexibility index (Phi) is 15.5. The van der Waals surface area contributed by atoms with E-state index in [0.717, 1.165) is 25.7 Å². The lowest BCUT2D eigenvalue weighted by Gasteiger charge is -2.41. The molecule has 0 aromatic carbocycles. The molecular weight excluding hydrogens is 601 g/mol. The molecule has 0 saturated heterocycles. The number of thiol groups is 2. The van der Waals surface area contributed by atoms with E-state index in [2.05, 4.69) is 65.8 Å². The second kappa shape index (κ2) is 17.5. The number of hydrogen-bond donors (Lipinski definition) is 2. The molecule has 0 N–H and O–H groups in total. The van der Waals surface area contributed by atoms with E-state index in [4.69, 9.17) is 9.47 Å². The second-order valence-corrected chi connectivity index (χ2v) is 16.6. The fourth-order valence-electron chi connectivity index (χ4n) is 7.49. The minimum absolute atomic E-state index is 0.0595. The van der Waals surface area contributed by atoms with Gasteiger partial charge in [0, 0.05) is 24.7 Å². The Morgan fingerprint density at radius 3 is 1.36 bits per heavy atom. The van der Waals surface area contributed by atoms with E-state index in [0.29, 0.717) is 0 Å². The first-order chi connectivity index (χ1) is 20.6. The number of rotatable bonds is 19. The summed E-state index contributed by atoms with van der Waals surface area (Å²) in [4.78, 5) is 26.7. The summed E-state index contributed by atoms with van der Waals surface area (Å²) in [6.07, 6.45) is 12.2. The Labute approximate surface area is 269 Å². The Bertz CT molecular complexity index is 1070. The quantitative estimate of drug-likeness (QED) is 0.107. The molecule has 10 atom stereocenters. The smallest absolute Gasteiger partial charge is 0.145 e. The van der Waals surface area contributed by atoms with Crippen LogP contribution in [0.25, 0.3) is 0 Å². The fourth-order valence-corrected chi connectivity index (χ4v) is 8.99.